The lowest BCUT2D eigenvalue weighted by molar-refractivity contribution is -0.384. The van der Waals surface area contributed by atoms with Gasteiger partial charge in [-0.05, 0) is 18.9 Å². The van der Waals surface area contributed by atoms with Crippen LogP contribution in [0.15, 0.2) is 58.7 Å². The van der Waals surface area contributed by atoms with Crippen molar-refractivity contribution in [3.05, 3.63) is 75.3 Å². The molecule has 132 valence electrons. The number of aryl methyl sites for hydroxylation is 1. The monoisotopic (exact) mass is 368 g/mol. The van der Waals surface area contributed by atoms with E-state index in [1.54, 1.807) is 12.1 Å². The first-order valence-corrected chi connectivity index (χ1v) is 8.78. The van der Waals surface area contributed by atoms with Crippen LogP contribution in [-0.4, -0.2) is 27.5 Å². The zero-order valence-corrected chi connectivity index (χ0v) is 14.8. The van der Waals surface area contributed by atoms with E-state index in [9.17, 15) is 14.9 Å². The van der Waals surface area contributed by atoms with Gasteiger partial charge in [0.1, 0.15) is 0 Å². The van der Waals surface area contributed by atoms with Crippen LogP contribution in [0.2, 0.25) is 0 Å². The lowest BCUT2D eigenvalue weighted by Gasteiger charge is -2.05. The Morgan fingerprint density at radius 3 is 2.85 bits per heavy atom. The Hall–Kier alpha value is -3.00. The summed E-state index contributed by atoms with van der Waals surface area (Å²) in [5, 5.41) is 21.6. The van der Waals surface area contributed by atoms with Crippen molar-refractivity contribution in [2.24, 2.45) is 10.2 Å². The maximum absolute atomic E-state index is 12.1. The highest BCUT2D eigenvalue weighted by atomic mass is 32.2. The second-order valence-corrected chi connectivity index (χ2v) is 6.98. The Bertz CT molecular complexity index is 911. The minimum absolute atomic E-state index is 0.0108. The first-order valence-electron chi connectivity index (χ1n) is 7.90. The number of hydrogen-bond donors (Lipinski definition) is 1. The lowest BCUT2D eigenvalue weighted by atomic mass is 10.1. The van der Waals surface area contributed by atoms with E-state index in [0.29, 0.717) is 17.2 Å². The van der Waals surface area contributed by atoms with E-state index in [1.807, 2.05) is 25.1 Å². The summed E-state index contributed by atoms with van der Waals surface area (Å²) in [4.78, 5) is 22.4. The second kappa shape index (κ2) is 7.92. The van der Waals surface area contributed by atoms with Gasteiger partial charge in [-0.1, -0.05) is 53.7 Å². The predicted molar refractivity (Wildman–Crippen MR) is 103 cm³/mol. The van der Waals surface area contributed by atoms with E-state index >= 15 is 0 Å². The molecule has 0 saturated carbocycles. The molecule has 0 bridgehead atoms. The van der Waals surface area contributed by atoms with Gasteiger partial charge in [-0.3, -0.25) is 14.9 Å². The molecule has 1 saturated heterocycles. The Labute approximate surface area is 154 Å². The van der Waals surface area contributed by atoms with Gasteiger partial charge in [0, 0.05) is 17.7 Å². The Morgan fingerprint density at radius 2 is 2.08 bits per heavy atom. The van der Waals surface area contributed by atoms with E-state index in [-0.39, 0.29) is 16.8 Å². The molecule has 1 aliphatic heterocycles. The summed E-state index contributed by atoms with van der Waals surface area (Å²) in [6.07, 6.45) is 2.03. The van der Waals surface area contributed by atoms with Crippen LogP contribution >= 0.6 is 11.8 Å². The summed E-state index contributed by atoms with van der Waals surface area (Å²) in [7, 11) is 0. The van der Waals surface area contributed by atoms with E-state index in [4.69, 9.17) is 0 Å². The van der Waals surface area contributed by atoms with E-state index < -0.39 is 4.92 Å². The summed E-state index contributed by atoms with van der Waals surface area (Å²) < 4.78 is 0. The SMILES string of the molecule is Cc1cccc(CC2S/C(=N/N=C\c3cccc([N+](=O)[O-])c3)NC2=O)c1. The van der Waals surface area contributed by atoms with E-state index in [0.717, 1.165) is 11.1 Å². The summed E-state index contributed by atoms with van der Waals surface area (Å²) in [5.41, 5.74) is 2.80. The molecule has 1 unspecified atom stereocenters. The first kappa shape index (κ1) is 17.8. The zero-order valence-electron chi connectivity index (χ0n) is 14.0. The van der Waals surface area contributed by atoms with Crippen LogP contribution in [0.3, 0.4) is 0 Å². The topological polar surface area (TPSA) is 97.0 Å². The van der Waals surface area contributed by atoms with Crippen LogP contribution in [-0.2, 0) is 11.2 Å². The first-order chi connectivity index (χ1) is 12.5. The van der Waals surface area contributed by atoms with Gasteiger partial charge in [0.15, 0.2) is 5.17 Å². The molecule has 0 spiro atoms. The number of benzene rings is 2. The van der Waals surface area contributed by atoms with Crippen molar-refractivity contribution in [1.82, 2.24) is 5.32 Å². The van der Waals surface area contributed by atoms with Crippen molar-refractivity contribution < 1.29 is 9.72 Å². The molecule has 1 amide bonds. The molecule has 1 atom stereocenters. The average molecular weight is 368 g/mol. The number of nitrogens with one attached hydrogen (secondary N) is 1. The molecule has 1 N–H and O–H groups in total. The number of non-ortho nitro benzene ring substituents is 1. The molecule has 7 nitrogen and oxygen atoms in total. The molecule has 1 aliphatic rings. The Morgan fingerprint density at radius 1 is 1.27 bits per heavy atom. The number of carbonyl (C=O) groups is 1. The Balaban J connectivity index is 1.64. The molecular formula is C18H16N4O3S. The van der Waals surface area contributed by atoms with Crippen LogP contribution < -0.4 is 5.32 Å². The van der Waals surface area contributed by atoms with Crippen molar-refractivity contribution in [2.45, 2.75) is 18.6 Å². The van der Waals surface area contributed by atoms with Crippen molar-refractivity contribution in [3.8, 4) is 0 Å². The van der Waals surface area contributed by atoms with Crippen LogP contribution in [0.4, 0.5) is 5.69 Å². The highest BCUT2D eigenvalue weighted by Gasteiger charge is 2.30. The molecule has 1 fully saturated rings. The number of hydrogen-bond acceptors (Lipinski definition) is 6. The average Bonchev–Trinajstić information content (AvgIpc) is 2.95. The quantitative estimate of drug-likeness (QED) is 0.498. The van der Waals surface area contributed by atoms with E-state index in [2.05, 4.69) is 21.6 Å². The molecule has 26 heavy (non-hydrogen) atoms. The standard InChI is InChI=1S/C18H16N4O3S/c1-12-4-2-5-13(8-12)10-16-17(23)20-18(26-16)21-19-11-14-6-3-7-15(9-14)22(24)25/h2-9,11,16H,10H2,1H3,(H,20,21,23)/b19-11-. The van der Waals surface area contributed by atoms with Gasteiger partial charge >= 0.3 is 0 Å². The third-order valence-electron chi connectivity index (χ3n) is 3.72. The van der Waals surface area contributed by atoms with E-state index in [1.165, 1.54) is 30.1 Å². The van der Waals surface area contributed by atoms with Crippen molar-refractivity contribution in [1.29, 1.82) is 0 Å². The van der Waals surface area contributed by atoms with Gasteiger partial charge in [0.05, 0.1) is 16.4 Å². The number of amidine groups is 1. The number of amides is 1. The van der Waals surface area contributed by atoms with Crippen molar-refractivity contribution >= 4 is 34.7 Å². The smallest absolute Gasteiger partial charge is 0.270 e. The largest absolute Gasteiger partial charge is 0.303 e. The fourth-order valence-electron chi connectivity index (χ4n) is 2.51. The third-order valence-corrected chi connectivity index (χ3v) is 4.79. The predicted octanol–water partition coefficient (Wildman–Crippen LogP) is 3.07. The summed E-state index contributed by atoms with van der Waals surface area (Å²) in [5.74, 6) is -0.0965. The van der Waals surface area contributed by atoms with Gasteiger partial charge < -0.3 is 5.32 Å². The molecule has 0 radical (unpaired) electrons. The highest BCUT2D eigenvalue weighted by Crippen LogP contribution is 2.23. The number of rotatable bonds is 5. The summed E-state index contributed by atoms with van der Waals surface area (Å²) in [6.45, 7) is 2.01. The maximum Gasteiger partial charge on any atom is 0.270 e. The van der Waals surface area contributed by atoms with Crippen LogP contribution in [0.5, 0.6) is 0 Å². The number of nitro benzene ring substituents is 1. The zero-order chi connectivity index (χ0) is 18.5. The fraction of sp³-hybridized carbons (Fsp3) is 0.167. The normalized spacial score (nSPS) is 18.4. The molecule has 1 heterocycles. The summed E-state index contributed by atoms with van der Waals surface area (Å²) >= 11 is 1.33. The molecule has 2 aromatic carbocycles. The molecule has 8 heteroatoms. The van der Waals surface area contributed by atoms with Crippen LogP contribution in [0, 0.1) is 17.0 Å². The Kier molecular flexibility index (Phi) is 5.43. The minimum Gasteiger partial charge on any atom is -0.303 e. The number of nitrogens with zero attached hydrogens (tertiary/aromatic N) is 3. The highest BCUT2D eigenvalue weighted by molar-refractivity contribution is 8.15. The molecule has 3 rings (SSSR count). The maximum atomic E-state index is 12.1. The van der Waals surface area contributed by atoms with Gasteiger partial charge in [0.2, 0.25) is 5.91 Å². The van der Waals surface area contributed by atoms with Gasteiger partial charge in [-0.2, -0.15) is 5.10 Å². The van der Waals surface area contributed by atoms with Gasteiger partial charge in [0.25, 0.3) is 5.69 Å². The number of carbonyl (C=O) groups excluding carboxylic acids is 1. The number of nitro groups is 1. The van der Waals surface area contributed by atoms with Gasteiger partial charge in [-0.25, -0.2) is 0 Å². The van der Waals surface area contributed by atoms with Gasteiger partial charge in [-0.15, -0.1) is 5.10 Å². The molecular weight excluding hydrogens is 352 g/mol. The molecule has 0 aliphatic carbocycles. The minimum atomic E-state index is -0.466. The van der Waals surface area contributed by atoms with Crippen molar-refractivity contribution in [3.63, 3.8) is 0 Å². The number of thioether (sulfide) groups is 1. The van der Waals surface area contributed by atoms with Crippen LogP contribution in [0.1, 0.15) is 16.7 Å². The fourth-order valence-corrected chi connectivity index (χ4v) is 3.47. The summed E-state index contributed by atoms with van der Waals surface area (Å²) in [6, 6.07) is 14.1. The van der Waals surface area contributed by atoms with Crippen molar-refractivity contribution in [2.75, 3.05) is 0 Å². The van der Waals surface area contributed by atoms with Crippen LogP contribution in [0.25, 0.3) is 0 Å². The molecule has 2 aromatic rings. The molecule has 0 aromatic heterocycles. The third kappa shape index (κ3) is 4.54. The second-order valence-electron chi connectivity index (χ2n) is 5.79. The lowest BCUT2D eigenvalue weighted by Crippen LogP contribution is -2.25.